The molecule has 1 N–H and O–H groups in total. The molecule has 3 amide bonds. The van der Waals surface area contributed by atoms with E-state index < -0.39 is 27.4 Å². The van der Waals surface area contributed by atoms with Gasteiger partial charge in [-0.2, -0.15) is 0 Å². The Kier molecular flexibility index (Phi) is 9.04. The fraction of sp³-hybridized carbons (Fsp3) is 0.441. The van der Waals surface area contributed by atoms with Gasteiger partial charge in [0, 0.05) is 36.6 Å². The van der Waals surface area contributed by atoms with Crippen molar-refractivity contribution in [1.82, 2.24) is 9.80 Å². The summed E-state index contributed by atoms with van der Waals surface area (Å²) < 4.78 is 4.30. The summed E-state index contributed by atoms with van der Waals surface area (Å²) in [7, 11) is 0. The predicted molar refractivity (Wildman–Crippen MR) is 170 cm³/mol. The zero-order valence-electron chi connectivity index (χ0n) is 25.0. The molecule has 9 heteroatoms. The lowest BCUT2D eigenvalue weighted by molar-refractivity contribution is -0.143. The van der Waals surface area contributed by atoms with Crippen molar-refractivity contribution in [2.45, 2.75) is 48.8 Å². The van der Waals surface area contributed by atoms with E-state index in [9.17, 15) is 19.5 Å². The predicted octanol–water partition coefficient (Wildman–Crippen LogP) is 4.29. The number of rotatable bonds is 13. The molecular weight excluding hydrogens is 562 g/mol. The van der Waals surface area contributed by atoms with Gasteiger partial charge in [0.05, 0.1) is 29.8 Å². The van der Waals surface area contributed by atoms with Crippen LogP contribution in [0.5, 0.6) is 5.75 Å². The van der Waals surface area contributed by atoms with Crippen LogP contribution >= 0.6 is 11.8 Å². The summed E-state index contributed by atoms with van der Waals surface area (Å²) in [6, 6.07) is 16.3. The Morgan fingerprint density at radius 1 is 1.07 bits per heavy atom. The first-order valence-corrected chi connectivity index (χ1v) is 15.8. The maximum Gasteiger partial charge on any atom is 0.247 e. The van der Waals surface area contributed by atoms with E-state index in [0.717, 1.165) is 5.56 Å². The number of benzene rings is 2. The summed E-state index contributed by atoms with van der Waals surface area (Å²) in [6.07, 6.45) is 4.73. The number of fused-ring (bicyclic) bond motifs is 1. The number of β-amino-alcohol motifs (C(OH)–C–C–N with tert-alkyl or cyclic N) is 1. The third-order valence-electron chi connectivity index (χ3n) is 9.03. The van der Waals surface area contributed by atoms with Crippen molar-refractivity contribution in [1.29, 1.82) is 0 Å². The normalized spacial score (nSPS) is 27.1. The number of likely N-dealkylation sites (tertiary alicyclic amines) is 1. The molecule has 2 aromatic carbocycles. The van der Waals surface area contributed by atoms with E-state index in [1.165, 1.54) is 0 Å². The summed E-state index contributed by atoms with van der Waals surface area (Å²) in [5.74, 6) is -1.15. The molecule has 0 aromatic heterocycles. The molecular formula is C34H41N3O5S. The molecule has 0 aliphatic carbocycles. The van der Waals surface area contributed by atoms with Gasteiger partial charge in [-0.05, 0) is 56.5 Å². The second-order valence-electron chi connectivity index (χ2n) is 11.6. The Hall–Kier alpha value is -3.56. The van der Waals surface area contributed by atoms with Gasteiger partial charge in [0.2, 0.25) is 17.7 Å². The molecule has 3 fully saturated rings. The van der Waals surface area contributed by atoms with Crippen molar-refractivity contribution in [3.63, 3.8) is 0 Å². The zero-order chi connectivity index (χ0) is 30.8. The van der Waals surface area contributed by atoms with Crippen molar-refractivity contribution in [2.24, 2.45) is 11.8 Å². The fourth-order valence-electron chi connectivity index (χ4n) is 7.30. The van der Waals surface area contributed by atoms with E-state index in [1.807, 2.05) is 61.5 Å². The summed E-state index contributed by atoms with van der Waals surface area (Å²) in [4.78, 5) is 48.3. The number of amides is 3. The largest absolute Gasteiger partial charge is 0.494 e. The number of carbonyl (C=O) groups is 3. The molecule has 5 rings (SSSR count). The van der Waals surface area contributed by atoms with E-state index in [4.69, 9.17) is 4.74 Å². The van der Waals surface area contributed by atoms with E-state index >= 15 is 0 Å². The van der Waals surface area contributed by atoms with Crippen molar-refractivity contribution in [3.05, 3.63) is 85.5 Å². The van der Waals surface area contributed by atoms with Gasteiger partial charge in [-0.1, -0.05) is 42.5 Å². The summed E-state index contributed by atoms with van der Waals surface area (Å²) in [5, 5.41) is 10.0. The average molecular weight is 604 g/mol. The second kappa shape index (κ2) is 12.6. The molecule has 2 aromatic rings. The van der Waals surface area contributed by atoms with Gasteiger partial charge in [-0.15, -0.1) is 24.9 Å². The van der Waals surface area contributed by atoms with Crippen LogP contribution in [0.4, 0.5) is 5.69 Å². The molecule has 3 saturated heterocycles. The molecule has 1 spiro atoms. The minimum atomic E-state index is -0.788. The molecule has 2 unspecified atom stereocenters. The van der Waals surface area contributed by atoms with Crippen LogP contribution in [0, 0.1) is 11.8 Å². The molecule has 5 atom stereocenters. The maximum absolute atomic E-state index is 14.5. The molecule has 3 heterocycles. The highest BCUT2D eigenvalue weighted by atomic mass is 32.2. The average Bonchev–Trinajstić information content (AvgIpc) is 3.57. The Bertz CT molecular complexity index is 1370. The number of carbonyl (C=O) groups excluding carboxylic acids is 3. The third-order valence-corrected chi connectivity index (χ3v) is 11.0. The highest BCUT2D eigenvalue weighted by Crippen LogP contribution is 2.71. The fourth-order valence-corrected chi connectivity index (χ4v) is 9.65. The number of thioether (sulfide) groups is 1. The maximum atomic E-state index is 14.5. The summed E-state index contributed by atoms with van der Waals surface area (Å²) in [6.45, 7) is 13.0. The number of hydrogen-bond donors (Lipinski definition) is 1. The Labute approximate surface area is 258 Å². The van der Waals surface area contributed by atoms with Gasteiger partial charge in [0.15, 0.2) is 0 Å². The molecule has 3 aliphatic heterocycles. The number of anilines is 1. The second-order valence-corrected chi connectivity index (χ2v) is 13.5. The van der Waals surface area contributed by atoms with E-state index in [0.29, 0.717) is 44.0 Å². The first kappa shape index (κ1) is 30.9. The van der Waals surface area contributed by atoms with E-state index in [2.05, 4.69) is 20.1 Å². The molecule has 0 saturated carbocycles. The van der Waals surface area contributed by atoms with Crippen molar-refractivity contribution in [3.8, 4) is 5.75 Å². The lowest BCUT2D eigenvalue weighted by Gasteiger charge is -2.38. The highest BCUT2D eigenvalue weighted by molar-refractivity contribution is 8.02. The lowest BCUT2D eigenvalue weighted by Crippen LogP contribution is -2.55. The van der Waals surface area contributed by atoms with Gasteiger partial charge in [0.25, 0.3) is 0 Å². The topological polar surface area (TPSA) is 90.4 Å². The number of aliphatic hydroxyl groups excluding tert-OH is 1. The van der Waals surface area contributed by atoms with Gasteiger partial charge in [-0.25, -0.2) is 0 Å². The van der Waals surface area contributed by atoms with E-state index in [1.54, 1.807) is 38.6 Å². The molecule has 2 bridgehead atoms. The SMILES string of the molecule is C=CCN(Cc1ccccc1)C(=O)C1N(CCO)C(=O)[C@@H]2[C@@H](C(=O)N(CC=C)c3ccc(OCC)cc3)[C@@]3(C)CCC12S3. The van der Waals surface area contributed by atoms with Crippen LogP contribution in [0.3, 0.4) is 0 Å². The van der Waals surface area contributed by atoms with Gasteiger partial charge in [-0.3, -0.25) is 14.4 Å². The van der Waals surface area contributed by atoms with Crippen molar-refractivity contribution >= 4 is 35.2 Å². The van der Waals surface area contributed by atoms with E-state index in [-0.39, 0.29) is 37.4 Å². The molecule has 8 nitrogen and oxygen atoms in total. The zero-order valence-corrected chi connectivity index (χ0v) is 25.8. The van der Waals surface area contributed by atoms with Crippen molar-refractivity contribution < 1.29 is 24.2 Å². The van der Waals surface area contributed by atoms with Crippen LogP contribution in [0.1, 0.15) is 32.3 Å². The molecule has 228 valence electrons. The smallest absolute Gasteiger partial charge is 0.247 e. The first-order valence-electron chi connectivity index (χ1n) is 14.9. The Morgan fingerprint density at radius 2 is 1.77 bits per heavy atom. The number of ether oxygens (including phenoxy) is 1. The van der Waals surface area contributed by atoms with Crippen LogP contribution in [0.25, 0.3) is 0 Å². The van der Waals surface area contributed by atoms with Crippen LogP contribution in [0.15, 0.2) is 79.9 Å². The van der Waals surface area contributed by atoms with Crippen LogP contribution in [-0.4, -0.2) is 81.0 Å². The number of aliphatic hydroxyl groups is 1. The Morgan fingerprint density at radius 3 is 2.40 bits per heavy atom. The summed E-state index contributed by atoms with van der Waals surface area (Å²) in [5.41, 5.74) is 1.67. The van der Waals surface area contributed by atoms with Gasteiger partial charge >= 0.3 is 0 Å². The van der Waals surface area contributed by atoms with Gasteiger partial charge < -0.3 is 24.5 Å². The molecule has 0 radical (unpaired) electrons. The van der Waals surface area contributed by atoms with Crippen LogP contribution < -0.4 is 9.64 Å². The Balaban J connectivity index is 1.52. The lowest BCUT2D eigenvalue weighted by atomic mass is 9.66. The van der Waals surface area contributed by atoms with Crippen LogP contribution in [0.2, 0.25) is 0 Å². The number of hydrogen-bond acceptors (Lipinski definition) is 6. The minimum absolute atomic E-state index is 0.0359. The van der Waals surface area contributed by atoms with Crippen LogP contribution in [-0.2, 0) is 20.9 Å². The number of nitrogens with zero attached hydrogens (tertiary/aromatic N) is 3. The summed E-state index contributed by atoms with van der Waals surface area (Å²) >= 11 is 1.63. The molecule has 3 aliphatic rings. The third kappa shape index (κ3) is 5.38. The van der Waals surface area contributed by atoms with Crippen molar-refractivity contribution in [2.75, 3.05) is 37.7 Å². The monoisotopic (exact) mass is 603 g/mol. The molecule has 43 heavy (non-hydrogen) atoms. The minimum Gasteiger partial charge on any atom is -0.494 e. The highest BCUT2D eigenvalue weighted by Gasteiger charge is 2.77. The first-order chi connectivity index (χ1) is 20.7. The quantitative estimate of drug-likeness (QED) is 0.344. The van der Waals surface area contributed by atoms with Gasteiger partial charge in [0.1, 0.15) is 11.8 Å². The standard InChI is InChI=1S/C34H41N3O5S/c1-5-19-35(23-24-11-9-8-10-12-24)32(41)29-34-18-17-33(4,43-34)27(28(34)31(40)37(29)21-22-38)30(39)36(20-6-2)25-13-15-26(16-14-25)42-7-3/h5-6,8-16,27-29,38H,1-2,7,17-23H2,3-4H3/t27-,28-,29?,33+,34?/m0/s1.